The van der Waals surface area contributed by atoms with Gasteiger partial charge < -0.3 is 19.8 Å². The van der Waals surface area contributed by atoms with Gasteiger partial charge >= 0.3 is 11.9 Å². The third-order valence-corrected chi connectivity index (χ3v) is 6.60. The van der Waals surface area contributed by atoms with Crippen molar-refractivity contribution in [2.24, 2.45) is 0 Å². The van der Waals surface area contributed by atoms with Crippen molar-refractivity contribution in [2.45, 2.75) is 45.4 Å². The van der Waals surface area contributed by atoms with Crippen molar-refractivity contribution >= 4 is 45.2 Å². The molecule has 0 unspecified atom stereocenters. The van der Waals surface area contributed by atoms with Gasteiger partial charge in [0.25, 0.3) is 5.91 Å². The maximum atomic E-state index is 12.7. The lowest BCUT2D eigenvalue weighted by molar-refractivity contribution is -0.119. The third kappa shape index (κ3) is 4.83. The Morgan fingerprint density at radius 3 is 2.72 bits per heavy atom. The number of imidazole rings is 1. The van der Waals surface area contributed by atoms with Crippen LogP contribution in [-0.2, 0) is 27.1 Å². The van der Waals surface area contributed by atoms with E-state index < -0.39 is 24.5 Å². The van der Waals surface area contributed by atoms with E-state index >= 15 is 0 Å². The number of hydrogen-bond acceptors (Lipinski definition) is 7. The zero-order chi connectivity index (χ0) is 22.5. The number of anilines is 1. The Labute approximate surface area is 189 Å². The van der Waals surface area contributed by atoms with Gasteiger partial charge in [-0.3, -0.25) is 4.79 Å². The Hall–Kier alpha value is -3.20. The van der Waals surface area contributed by atoms with E-state index in [2.05, 4.69) is 15.3 Å². The number of hydrogen-bond donors (Lipinski definition) is 2. The molecule has 3 aromatic rings. The topological polar surface area (TPSA) is 110 Å². The fourth-order valence-corrected chi connectivity index (χ4v) is 5.16. The summed E-state index contributed by atoms with van der Waals surface area (Å²) in [6, 6.07) is 4.93. The molecule has 4 rings (SSSR count). The molecule has 168 valence electrons. The summed E-state index contributed by atoms with van der Waals surface area (Å²) in [5, 5.41) is 3.23. The van der Waals surface area contributed by atoms with Gasteiger partial charge in [0.15, 0.2) is 6.61 Å². The van der Waals surface area contributed by atoms with Crippen LogP contribution in [0.4, 0.5) is 5.00 Å². The molecular weight excluding hydrogens is 430 g/mol. The zero-order valence-corrected chi connectivity index (χ0v) is 18.7. The first kappa shape index (κ1) is 22.0. The molecule has 1 aliphatic carbocycles. The molecule has 0 bridgehead atoms. The van der Waals surface area contributed by atoms with Gasteiger partial charge in [-0.15, -0.1) is 11.3 Å². The average Bonchev–Trinajstić information content (AvgIpc) is 3.36. The van der Waals surface area contributed by atoms with Crippen molar-refractivity contribution in [2.75, 3.05) is 18.5 Å². The van der Waals surface area contributed by atoms with Crippen LogP contribution in [0.2, 0.25) is 0 Å². The summed E-state index contributed by atoms with van der Waals surface area (Å²) < 4.78 is 10.4. The lowest BCUT2D eigenvalue weighted by Crippen LogP contribution is -2.22. The zero-order valence-electron chi connectivity index (χ0n) is 17.9. The van der Waals surface area contributed by atoms with Gasteiger partial charge in [-0.05, 0) is 56.4 Å². The number of thiophene rings is 1. The summed E-state index contributed by atoms with van der Waals surface area (Å²) in [5.41, 5.74) is 3.19. The molecule has 1 aliphatic rings. The summed E-state index contributed by atoms with van der Waals surface area (Å²) in [6.45, 7) is 1.56. The van der Waals surface area contributed by atoms with Crippen molar-refractivity contribution in [1.82, 2.24) is 9.97 Å². The smallest absolute Gasteiger partial charge is 0.341 e. The molecule has 0 aliphatic heterocycles. The van der Waals surface area contributed by atoms with Gasteiger partial charge in [-0.1, -0.05) is 12.8 Å². The summed E-state index contributed by atoms with van der Waals surface area (Å²) in [7, 11) is 0. The Kier molecular flexibility index (Phi) is 6.84. The number of fused-ring (bicyclic) bond motifs is 2. The van der Waals surface area contributed by atoms with Crippen molar-refractivity contribution in [3.8, 4) is 0 Å². The van der Waals surface area contributed by atoms with Crippen LogP contribution < -0.4 is 5.32 Å². The number of carbonyl (C=O) groups excluding carboxylic acids is 3. The SMILES string of the molecule is CCOC(=O)c1c(NC(=O)COC(=O)c2ccc3nc[nH]c3c2)sc2c1CCCCCC2. The Balaban J connectivity index is 1.46. The quantitative estimate of drug-likeness (QED) is 0.538. The van der Waals surface area contributed by atoms with Crippen LogP contribution in [0.15, 0.2) is 24.5 Å². The summed E-state index contributed by atoms with van der Waals surface area (Å²) in [6.07, 6.45) is 7.56. The molecule has 2 aromatic heterocycles. The highest BCUT2D eigenvalue weighted by Gasteiger charge is 2.26. The highest BCUT2D eigenvalue weighted by atomic mass is 32.1. The molecule has 0 atom stereocenters. The van der Waals surface area contributed by atoms with E-state index in [1.807, 2.05) is 0 Å². The first-order valence-electron chi connectivity index (χ1n) is 10.8. The van der Waals surface area contributed by atoms with E-state index in [4.69, 9.17) is 9.47 Å². The van der Waals surface area contributed by atoms with E-state index in [-0.39, 0.29) is 6.61 Å². The number of H-pyrrole nitrogens is 1. The number of carbonyl (C=O) groups is 3. The van der Waals surface area contributed by atoms with Gasteiger partial charge in [-0.2, -0.15) is 0 Å². The molecule has 2 N–H and O–H groups in total. The highest BCUT2D eigenvalue weighted by Crippen LogP contribution is 2.37. The summed E-state index contributed by atoms with van der Waals surface area (Å²) in [5.74, 6) is -1.54. The first-order chi connectivity index (χ1) is 15.6. The second-order valence-electron chi connectivity index (χ2n) is 7.60. The number of nitrogens with one attached hydrogen (secondary N) is 2. The van der Waals surface area contributed by atoms with Crippen LogP contribution in [-0.4, -0.2) is 41.0 Å². The Morgan fingerprint density at radius 2 is 1.91 bits per heavy atom. The van der Waals surface area contributed by atoms with Crippen molar-refractivity contribution in [1.29, 1.82) is 0 Å². The van der Waals surface area contributed by atoms with Crippen LogP contribution >= 0.6 is 11.3 Å². The van der Waals surface area contributed by atoms with E-state index in [1.54, 1.807) is 31.5 Å². The molecule has 0 fully saturated rings. The summed E-state index contributed by atoms with van der Waals surface area (Å²) >= 11 is 1.42. The third-order valence-electron chi connectivity index (χ3n) is 5.39. The lowest BCUT2D eigenvalue weighted by Gasteiger charge is -2.11. The fraction of sp³-hybridized carbons (Fsp3) is 0.391. The molecule has 1 amide bonds. The van der Waals surface area contributed by atoms with Crippen molar-refractivity contribution < 1.29 is 23.9 Å². The van der Waals surface area contributed by atoms with Gasteiger partial charge in [0, 0.05) is 4.88 Å². The predicted octanol–water partition coefficient (Wildman–Crippen LogP) is 4.26. The summed E-state index contributed by atoms with van der Waals surface area (Å²) in [4.78, 5) is 45.7. The van der Waals surface area contributed by atoms with E-state index in [9.17, 15) is 14.4 Å². The number of aromatic amines is 1. The second kappa shape index (κ2) is 9.95. The minimum absolute atomic E-state index is 0.259. The second-order valence-corrected chi connectivity index (χ2v) is 8.71. The van der Waals surface area contributed by atoms with Gasteiger partial charge in [0.1, 0.15) is 5.00 Å². The number of ether oxygens (including phenoxy) is 2. The maximum Gasteiger partial charge on any atom is 0.341 e. The van der Waals surface area contributed by atoms with E-state index in [0.717, 1.165) is 54.5 Å². The molecule has 0 radical (unpaired) electrons. The first-order valence-corrected chi connectivity index (χ1v) is 11.6. The molecular formula is C23H25N3O5S. The number of rotatable bonds is 6. The molecule has 9 heteroatoms. The fourth-order valence-electron chi connectivity index (χ4n) is 3.87. The number of esters is 2. The van der Waals surface area contributed by atoms with Crippen LogP contribution in [0.1, 0.15) is 63.8 Å². The molecule has 0 saturated carbocycles. The normalized spacial score (nSPS) is 13.7. The van der Waals surface area contributed by atoms with Crippen molar-refractivity contribution in [3.63, 3.8) is 0 Å². The highest BCUT2D eigenvalue weighted by molar-refractivity contribution is 7.17. The molecule has 2 heterocycles. The number of aromatic nitrogens is 2. The molecule has 1 aromatic carbocycles. The molecule has 8 nitrogen and oxygen atoms in total. The van der Waals surface area contributed by atoms with Crippen LogP contribution in [0, 0.1) is 0 Å². The van der Waals surface area contributed by atoms with Crippen molar-refractivity contribution in [3.05, 3.63) is 46.1 Å². The molecule has 0 saturated heterocycles. The van der Waals surface area contributed by atoms with Gasteiger partial charge in [0.2, 0.25) is 0 Å². The lowest BCUT2D eigenvalue weighted by atomic mass is 9.96. The maximum absolute atomic E-state index is 12.7. The standard InChI is InChI=1S/C23H25N3O5S/c1-2-30-23(29)20-15-7-5-3-4-6-8-18(15)32-21(20)26-19(27)12-31-22(28)14-9-10-16-17(11-14)25-13-24-16/h9-11,13H,2-8,12H2,1H3,(H,24,25)(H,26,27). The number of aryl methyl sites for hydroxylation is 1. The number of amides is 1. The minimum atomic E-state index is -0.610. The number of nitrogens with zero attached hydrogens (tertiary/aromatic N) is 1. The molecule has 0 spiro atoms. The van der Waals surface area contributed by atoms with E-state index in [0.29, 0.717) is 21.6 Å². The molecule has 32 heavy (non-hydrogen) atoms. The average molecular weight is 456 g/mol. The predicted molar refractivity (Wildman–Crippen MR) is 121 cm³/mol. The van der Waals surface area contributed by atoms with Gasteiger partial charge in [-0.25, -0.2) is 14.6 Å². The largest absolute Gasteiger partial charge is 0.462 e. The number of benzene rings is 1. The monoisotopic (exact) mass is 455 g/mol. The minimum Gasteiger partial charge on any atom is -0.462 e. The van der Waals surface area contributed by atoms with Crippen LogP contribution in [0.25, 0.3) is 11.0 Å². The van der Waals surface area contributed by atoms with Crippen LogP contribution in [0.3, 0.4) is 0 Å². The van der Waals surface area contributed by atoms with E-state index in [1.165, 1.54) is 11.3 Å². The van der Waals surface area contributed by atoms with Crippen LogP contribution in [0.5, 0.6) is 0 Å². The Morgan fingerprint density at radius 1 is 1.09 bits per heavy atom. The Bertz CT molecular complexity index is 1150. The van der Waals surface area contributed by atoms with Gasteiger partial charge in [0.05, 0.1) is 35.1 Å².